The van der Waals surface area contributed by atoms with Crippen LogP contribution in [0.2, 0.25) is 0 Å². The predicted octanol–water partition coefficient (Wildman–Crippen LogP) is 3.77. The van der Waals surface area contributed by atoms with Crippen molar-refractivity contribution in [1.82, 2.24) is 5.32 Å². The normalized spacial score (nSPS) is 17.3. The minimum absolute atomic E-state index is 0.0433. The Hall–Kier alpha value is -2.80. The molecule has 2 aromatic rings. The zero-order valence-corrected chi connectivity index (χ0v) is 13.6. The SMILES string of the molecule is O=C(OC1CNCc2cccc(C=Cc3ccccc3)c2O1)C(F)(F)F. The standard InChI is InChI=1S/C19H16F3NO3/c20-19(21,22)18(24)26-16-12-23-11-15-8-4-7-14(17(15)25-16)10-9-13-5-2-1-3-6-13/h1-10,16,23H,11-12H2. The highest BCUT2D eigenvalue weighted by Gasteiger charge is 2.43. The number of hydrogen-bond donors (Lipinski definition) is 1. The van der Waals surface area contributed by atoms with Gasteiger partial charge in [0.1, 0.15) is 5.75 Å². The third-order valence-electron chi connectivity index (χ3n) is 3.73. The van der Waals surface area contributed by atoms with Gasteiger partial charge in [-0.15, -0.1) is 0 Å². The molecule has 4 nitrogen and oxygen atoms in total. The number of esters is 1. The van der Waals surface area contributed by atoms with E-state index in [4.69, 9.17) is 4.74 Å². The summed E-state index contributed by atoms with van der Waals surface area (Å²) >= 11 is 0. The summed E-state index contributed by atoms with van der Waals surface area (Å²) in [7, 11) is 0. The molecule has 0 radical (unpaired) electrons. The molecule has 2 aromatic carbocycles. The number of fused-ring (bicyclic) bond motifs is 1. The average Bonchev–Trinajstić information content (AvgIpc) is 2.82. The molecule has 0 saturated heterocycles. The van der Waals surface area contributed by atoms with Crippen molar-refractivity contribution in [2.45, 2.75) is 19.0 Å². The fraction of sp³-hybridized carbons (Fsp3) is 0.211. The third-order valence-corrected chi connectivity index (χ3v) is 3.73. The molecule has 1 aliphatic rings. The Labute approximate surface area is 148 Å². The molecule has 0 fully saturated rings. The predicted molar refractivity (Wildman–Crippen MR) is 90.1 cm³/mol. The van der Waals surface area contributed by atoms with E-state index in [1.807, 2.05) is 48.6 Å². The van der Waals surface area contributed by atoms with Gasteiger partial charge in [0.05, 0.1) is 6.54 Å². The van der Waals surface area contributed by atoms with E-state index in [0.29, 0.717) is 17.9 Å². The van der Waals surface area contributed by atoms with Gasteiger partial charge in [0.2, 0.25) is 0 Å². The number of carbonyl (C=O) groups excluding carboxylic acids is 1. The smallest absolute Gasteiger partial charge is 0.452 e. The van der Waals surface area contributed by atoms with E-state index in [9.17, 15) is 18.0 Å². The lowest BCUT2D eigenvalue weighted by molar-refractivity contribution is -0.215. The van der Waals surface area contributed by atoms with E-state index in [2.05, 4.69) is 10.1 Å². The minimum atomic E-state index is -5.06. The maximum absolute atomic E-state index is 12.4. The Morgan fingerprint density at radius 1 is 1.12 bits per heavy atom. The largest absolute Gasteiger partial charge is 0.491 e. The molecular formula is C19H16F3NO3. The lowest BCUT2D eigenvalue weighted by atomic mass is 10.1. The summed E-state index contributed by atoms with van der Waals surface area (Å²) in [6.45, 7) is 0.348. The van der Waals surface area contributed by atoms with E-state index in [-0.39, 0.29) is 6.54 Å². The van der Waals surface area contributed by atoms with Gasteiger partial charge in [-0.2, -0.15) is 13.2 Å². The van der Waals surface area contributed by atoms with E-state index in [1.165, 1.54) is 0 Å². The molecule has 0 aliphatic carbocycles. The first kappa shape index (κ1) is 18.0. The summed E-state index contributed by atoms with van der Waals surface area (Å²) < 4.78 is 47.3. The van der Waals surface area contributed by atoms with Crippen molar-refractivity contribution >= 4 is 18.1 Å². The molecule has 0 spiro atoms. The van der Waals surface area contributed by atoms with Crippen molar-refractivity contribution < 1.29 is 27.4 Å². The van der Waals surface area contributed by atoms with Crippen molar-refractivity contribution in [3.05, 3.63) is 65.2 Å². The molecule has 26 heavy (non-hydrogen) atoms. The van der Waals surface area contributed by atoms with Crippen molar-refractivity contribution in [3.8, 4) is 5.75 Å². The van der Waals surface area contributed by atoms with Crippen LogP contribution in [0.5, 0.6) is 5.75 Å². The third kappa shape index (κ3) is 4.43. The summed E-state index contributed by atoms with van der Waals surface area (Å²) in [6.07, 6.45) is -2.75. The highest BCUT2D eigenvalue weighted by Crippen LogP contribution is 2.29. The van der Waals surface area contributed by atoms with E-state index in [0.717, 1.165) is 11.1 Å². The molecule has 1 heterocycles. The zero-order valence-electron chi connectivity index (χ0n) is 13.6. The van der Waals surface area contributed by atoms with Crippen LogP contribution >= 0.6 is 0 Å². The monoisotopic (exact) mass is 363 g/mol. The quantitative estimate of drug-likeness (QED) is 0.666. The molecule has 3 rings (SSSR count). The van der Waals surface area contributed by atoms with Gasteiger partial charge in [0.15, 0.2) is 0 Å². The van der Waals surface area contributed by atoms with Gasteiger partial charge in [-0.1, -0.05) is 60.7 Å². The minimum Gasteiger partial charge on any atom is -0.452 e. The second-order valence-corrected chi connectivity index (χ2v) is 5.66. The summed E-state index contributed by atoms with van der Waals surface area (Å²) in [5, 5.41) is 2.92. The molecule has 0 amide bonds. The first-order valence-electron chi connectivity index (χ1n) is 7.94. The summed E-state index contributed by atoms with van der Waals surface area (Å²) in [5.74, 6) is -1.88. The maximum Gasteiger partial charge on any atom is 0.491 e. The number of carbonyl (C=O) groups is 1. The van der Waals surface area contributed by atoms with Crippen LogP contribution in [-0.2, 0) is 16.1 Å². The first-order valence-corrected chi connectivity index (χ1v) is 7.94. The van der Waals surface area contributed by atoms with E-state index >= 15 is 0 Å². The summed E-state index contributed by atoms with van der Waals surface area (Å²) in [6, 6.07) is 15.0. The molecule has 1 aliphatic heterocycles. The number of alkyl halides is 3. The lowest BCUT2D eigenvalue weighted by Gasteiger charge is -2.19. The molecule has 7 heteroatoms. The Morgan fingerprint density at radius 3 is 2.62 bits per heavy atom. The van der Waals surface area contributed by atoms with Gasteiger partial charge in [-0.25, -0.2) is 4.79 Å². The number of nitrogens with one attached hydrogen (secondary N) is 1. The molecule has 136 valence electrons. The average molecular weight is 363 g/mol. The summed E-state index contributed by atoms with van der Waals surface area (Å²) in [5.41, 5.74) is 2.42. The number of halogens is 3. The Balaban J connectivity index is 1.83. The molecule has 1 unspecified atom stereocenters. The second kappa shape index (κ2) is 7.61. The Morgan fingerprint density at radius 2 is 1.88 bits per heavy atom. The van der Waals surface area contributed by atoms with Gasteiger partial charge in [0, 0.05) is 17.7 Å². The maximum atomic E-state index is 12.4. The van der Waals surface area contributed by atoms with Crippen LogP contribution in [0.3, 0.4) is 0 Å². The highest BCUT2D eigenvalue weighted by molar-refractivity contribution is 5.76. The van der Waals surface area contributed by atoms with Crippen LogP contribution < -0.4 is 10.1 Å². The van der Waals surface area contributed by atoms with Crippen molar-refractivity contribution in [1.29, 1.82) is 0 Å². The van der Waals surface area contributed by atoms with Crippen LogP contribution in [-0.4, -0.2) is 25.0 Å². The van der Waals surface area contributed by atoms with Crippen molar-refractivity contribution in [2.75, 3.05) is 6.54 Å². The number of hydrogen-bond acceptors (Lipinski definition) is 4. The van der Waals surface area contributed by atoms with Gasteiger partial charge < -0.3 is 14.8 Å². The van der Waals surface area contributed by atoms with Gasteiger partial charge in [-0.05, 0) is 5.56 Å². The molecule has 1 N–H and O–H groups in total. The van der Waals surface area contributed by atoms with Gasteiger partial charge >= 0.3 is 12.1 Å². The van der Waals surface area contributed by atoms with Crippen LogP contribution in [0, 0.1) is 0 Å². The van der Waals surface area contributed by atoms with E-state index < -0.39 is 18.4 Å². The first-order chi connectivity index (χ1) is 12.4. The number of benzene rings is 2. The topological polar surface area (TPSA) is 47.6 Å². The van der Waals surface area contributed by atoms with Crippen LogP contribution in [0.15, 0.2) is 48.5 Å². The van der Waals surface area contributed by atoms with Gasteiger partial charge in [-0.3, -0.25) is 0 Å². The van der Waals surface area contributed by atoms with Crippen molar-refractivity contribution in [2.24, 2.45) is 0 Å². The second-order valence-electron chi connectivity index (χ2n) is 5.66. The molecule has 0 bridgehead atoms. The fourth-order valence-electron chi connectivity index (χ4n) is 2.52. The highest BCUT2D eigenvalue weighted by atomic mass is 19.4. The number of para-hydroxylation sites is 1. The zero-order chi connectivity index (χ0) is 18.6. The molecular weight excluding hydrogens is 347 g/mol. The molecule has 0 saturated carbocycles. The van der Waals surface area contributed by atoms with Crippen molar-refractivity contribution in [3.63, 3.8) is 0 Å². The number of rotatable bonds is 3. The Bertz CT molecular complexity index is 803. The van der Waals surface area contributed by atoms with Gasteiger partial charge in [0.25, 0.3) is 6.29 Å². The van der Waals surface area contributed by atoms with Crippen LogP contribution in [0.1, 0.15) is 16.7 Å². The molecule has 1 atom stereocenters. The Kier molecular flexibility index (Phi) is 5.27. The lowest BCUT2D eigenvalue weighted by Crippen LogP contribution is -2.37. The number of ether oxygens (including phenoxy) is 2. The fourth-order valence-corrected chi connectivity index (χ4v) is 2.52. The molecule has 0 aromatic heterocycles. The van der Waals surface area contributed by atoms with Crippen LogP contribution in [0.4, 0.5) is 13.2 Å². The van der Waals surface area contributed by atoms with E-state index in [1.54, 1.807) is 12.1 Å². The van der Waals surface area contributed by atoms with Crippen LogP contribution in [0.25, 0.3) is 12.2 Å². The summed E-state index contributed by atoms with van der Waals surface area (Å²) in [4.78, 5) is 11.1.